The van der Waals surface area contributed by atoms with E-state index in [0.29, 0.717) is 0 Å². The highest BCUT2D eigenvalue weighted by Crippen LogP contribution is 2.31. The summed E-state index contributed by atoms with van der Waals surface area (Å²) in [5.41, 5.74) is 7.94. The number of benzene rings is 1. The van der Waals surface area contributed by atoms with Crippen LogP contribution >= 0.6 is 0 Å². The minimum atomic E-state index is -0.328. The molecule has 0 fully saturated rings. The molecule has 0 radical (unpaired) electrons. The normalized spacial score (nSPS) is 11.9. The van der Waals surface area contributed by atoms with Crippen LogP contribution in [0.15, 0.2) is 36.7 Å². The van der Waals surface area contributed by atoms with Gasteiger partial charge in [0, 0.05) is 11.8 Å². The lowest BCUT2D eigenvalue weighted by Gasteiger charge is -2.16. The van der Waals surface area contributed by atoms with Crippen molar-refractivity contribution in [2.75, 3.05) is 14.2 Å². The second kappa shape index (κ2) is 5.46. The maximum absolute atomic E-state index is 6.21. The minimum Gasteiger partial charge on any atom is -0.497 e. The van der Waals surface area contributed by atoms with E-state index >= 15 is 0 Å². The van der Waals surface area contributed by atoms with Gasteiger partial charge < -0.3 is 15.2 Å². The Labute approximate surface area is 106 Å². The zero-order chi connectivity index (χ0) is 13.0. The van der Waals surface area contributed by atoms with Crippen molar-refractivity contribution in [3.05, 3.63) is 47.8 Å². The number of nitrogens with zero attached hydrogens (tertiary/aromatic N) is 2. The Hall–Kier alpha value is -2.14. The molecular weight excluding hydrogens is 230 g/mol. The maximum Gasteiger partial charge on any atom is 0.124 e. The highest BCUT2D eigenvalue weighted by molar-refractivity contribution is 5.45. The second-order valence-corrected chi connectivity index (χ2v) is 3.76. The molecule has 0 aliphatic rings. The fourth-order valence-corrected chi connectivity index (χ4v) is 1.75. The molecule has 1 aromatic heterocycles. The molecule has 1 heterocycles. The molecule has 1 aromatic carbocycles. The third kappa shape index (κ3) is 2.41. The van der Waals surface area contributed by atoms with Gasteiger partial charge in [0.2, 0.25) is 0 Å². The number of hydrogen-bond donors (Lipinski definition) is 1. The van der Waals surface area contributed by atoms with Gasteiger partial charge in [-0.1, -0.05) is 0 Å². The van der Waals surface area contributed by atoms with E-state index in [1.54, 1.807) is 26.6 Å². The largest absolute Gasteiger partial charge is 0.497 e. The standard InChI is InChI=1S/C13H15N3O2/c1-17-10-3-4-12(18-2)11(7-10)13(14)9-5-6-15-16-8-9/h3-8,13H,14H2,1-2H3. The zero-order valence-corrected chi connectivity index (χ0v) is 10.3. The predicted molar refractivity (Wildman–Crippen MR) is 67.6 cm³/mol. The van der Waals surface area contributed by atoms with Crippen molar-refractivity contribution < 1.29 is 9.47 Å². The SMILES string of the molecule is COc1ccc(OC)c(C(N)c2ccnnc2)c1. The first-order valence-corrected chi connectivity index (χ1v) is 5.50. The van der Waals surface area contributed by atoms with Crippen LogP contribution < -0.4 is 15.2 Å². The fourth-order valence-electron chi connectivity index (χ4n) is 1.75. The monoisotopic (exact) mass is 245 g/mol. The van der Waals surface area contributed by atoms with E-state index in [2.05, 4.69) is 10.2 Å². The van der Waals surface area contributed by atoms with Crippen LogP contribution in [0.2, 0.25) is 0 Å². The van der Waals surface area contributed by atoms with Gasteiger partial charge in [0.15, 0.2) is 0 Å². The van der Waals surface area contributed by atoms with Crippen LogP contribution in [0, 0.1) is 0 Å². The summed E-state index contributed by atoms with van der Waals surface area (Å²) in [5.74, 6) is 1.46. The van der Waals surface area contributed by atoms with E-state index in [1.165, 1.54) is 0 Å². The average Bonchev–Trinajstić information content (AvgIpc) is 2.46. The summed E-state index contributed by atoms with van der Waals surface area (Å²) in [6.07, 6.45) is 3.26. The molecule has 0 aliphatic heterocycles. The Morgan fingerprint density at radius 3 is 2.56 bits per heavy atom. The molecular formula is C13H15N3O2. The first-order chi connectivity index (χ1) is 8.76. The third-order valence-corrected chi connectivity index (χ3v) is 2.74. The van der Waals surface area contributed by atoms with Gasteiger partial charge in [-0.3, -0.25) is 0 Å². The molecule has 5 nitrogen and oxygen atoms in total. The molecule has 5 heteroatoms. The molecule has 0 spiro atoms. The molecule has 0 saturated heterocycles. The Kier molecular flexibility index (Phi) is 3.74. The minimum absolute atomic E-state index is 0.328. The van der Waals surface area contributed by atoms with Crippen LogP contribution in [0.1, 0.15) is 17.2 Å². The topological polar surface area (TPSA) is 70.3 Å². The Morgan fingerprint density at radius 2 is 1.94 bits per heavy atom. The van der Waals surface area contributed by atoms with Gasteiger partial charge in [0.05, 0.1) is 26.5 Å². The van der Waals surface area contributed by atoms with Crippen molar-refractivity contribution in [1.29, 1.82) is 0 Å². The van der Waals surface area contributed by atoms with Crippen LogP contribution in [-0.2, 0) is 0 Å². The quantitative estimate of drug-likeness (QED) is 0.884. The first kappa shape index (κ1) is 12.3. The van der Waals surface area contributed by atoms with E-state index in [-0.39, 0.29) is 6.04 Å². The number of nitrogens with two attached hydrogens (primary N) is 1. The van der Waals surface area contributed by atoms with Gasteiger partial charge in [0.1, 0.15) is 11.5 Å². The summed E-state index contributed by atoms with van der Waals surface area (Å²) < 4.78 is 10.5. The molecule has 18 heavy (non-hydrogen) atoms. The summed E-state index contributed by atoms with van der Waals surface area (Å²) >= 11 is 0. The molecule has 0 bridgehead atoms. The van der Waals surface area contributed by atoms with Crippen molar-refractivity contribution in [3.63, 3.8) is 0 Å². The van der Waals surface area contributed by atoms with Gasteiger partial charge in [-0.05, 0) is 29.8 Å². The maximum atomic E-state index is 6.21. The molecule has 0 saturated carbocycles. The van der Waals surface area contributed by atoms with Gasteiger partial charge >= 0.3 is 0 Å². The first-order valence-electron chi connectivity index (χ1n) is 5.50. The summed E-state index contributed by atoms with van der Waals surface area (Å²) in [6.45, 7) is 0. The van der Waals surface area contributed by atoms with E-state index in [1.807, 2.05) is 24.3 Å². The summed E-state index contributed by atoms with van der Waals surface area (Å²) in [7, 11) is 3.23. The Morgan fingerprint density at radius 1 is 1.11 bits per heavy atom. The molecule has 2 aromatic rings. The van der Waals surface area contributed by atoms with Crippen molar-refractivity contribution >= 4 is 0 Å². The molecule has 94 valence electrons. The fraction of sp³-hybridized carbons (Fsp3) is 0.231. The Bertz CT molecular complexity index is 517. The predicted octanol–water partition coefficient (Wildman–Crippen LogP) is 1.54. The van der Waals surface area contributed by atoms with E-state index < -0.39 is 0 Å². The highest BCUT2D eigenvalue weighted by Gasteiger charge is 2.15. The molecule has 0 aliphatic carbocycles. The summed E-state index contributed by atoms with van der Waals surface area (Å²) in [5, 5.41) is 7.56. The summed E-state index contributed by atoms with van der Waals surface area (Å²) in [4.78, 5) is 0. The number of hydrogen-bond acceptors (Lipinski definition) is 5. The average molecular weight is 245 g/mol. The highest BCUT2D eigenvalue weighted by atomic mass is 16.5. The number of methoxy groups -OCH3 is 2. The lowest BCUT2D eigenvalue weighted by Crippen LogP contribution is -2.13. The molecule has 1 unspecified atom stereocenters. The third-order valence-electron chi connectivity index (χ3n) is 2.74. The lowest BCUT2D eigenvalue weighted by atomic mass is 10.0. The number of rotatable bonds is 4. The summed E-state index contributed by atoms with van der Waals surface area (Å²) in [6, 6.07) is 7.04. The Balaban J connectivity index is 2.42. The van der Waals surface area contributed by atoms with Crippen molar-refractivity contribution in [3.8, 4) is 11.5 Å². The molecule has 1 atom stereocenters. The van der Waals surface area contributed by atoms with Gasteiger partial charge in [-0.2, -0.15) is 10.2 Å². The second-order valence-electron chi connectivity index (χ2n) is 3.76. The van der Waals surface area contributed by atoms with Crippen molar-refractivity contribution in [2.45, 2.75) is 6.04 Å². The van der Waals surface area contributed by atoms with Crippen LogP contribution in [0.3, 0.4) is 0 Å². The molecule has 2 N–H and O–H groups in total. The van der Waals surface area contributed by atoms with E-state index in [9.17, 15) is 0 Å². The van der Waals surface area contributed by atoms with Gasteiger partial charge in [-0.25, -0.2) is 0 Å². The molecule has 2 rings (SSSR count). The van der Waals surface area contributed by atoms with Crippen LogP contribution in [0.25, 0.3) is 0 Å². The van der Waals surface area contributed by atoms with Crippen LogP contribution in [0.5, 0.6) is 11.5 Å². The number of aromatic nitrogens is 2. The van der Waals surface area contributed by atoms with Crippen LogP contribution in [0.4, 0.5) is 0 Å². The van der Waals surface area contributed by atoms with Gasteiger partial charge in [-0.15, -0.1) is 0 Å². The zero-order valence-electron chi connectivity index (χ0n) is 10.3. The van der Waals surface area contributed by atoms with Crippen molar-refractivity contribution in [1.82, 2.24) is 10.2 Å². The molecule has 0 amide bonds. The lowest BCUT2D eigenvalue weighted by molar-refractivity contribution is 0.397. The van der Waals surface area contributed by atoms with Crippen LogP contribution in [-0.4, -0.2) is 24.4 Å². The smallest absolute Gasteiger partial charge is 0.124 e. The van der Waals surface area contributed by atoms with Crippen molar-refractivity contribution in [2.24, 2.45) is 5.73 Å². The van der Waals surface area contributed by atoms with Gasteiger partial charge in [0.25, 0.3) is 0 Å². The number of ether oxygens (including phenoxy) is 2. The van der Waals surface area contributed by atoms with E-state index in [4.69, 9.17) is 15.2 Å². The van der Waals surface area contributed by atoms with E-state index in [0.717, 1.165) is 22.6 Å².